The number of alkyl halides is 1. The fourth-order valence-electron chi connectivity index (χ4n) is 1.92. The lowest BCUT2D eigenvalue weighted by Gasteiger charge is -1.99. The maximum absolute atomic E-state index is 13.1. The second kappa shape index (κ2) is 4.42. The quantitative estimate of drug-likeness (QED) is 0.690. The van der Waals surface area contributed by atoms with Crippen molar-refractivity contribution in [3.8, 4) is 11.4 Å². The SMILES string of the molecule is Fc1ccc2nc(-c3cccc(CCl)c3)[nH]c2c1. The zero-order chi connectivity index (χ0) is 12.5. The predicted molar refractivity (Wildman–Crippen MR) is 71.0 cm³/mol. The zero-order valence-electron chi connectivity index (χ0n) is 9.45. The van der Waals surface area contributed by atoms with Gasteiger partial charge in [-0.2, -0.15) is 0 Å². The molecule has 0 aliphatic rings. The first-order chi connectivity index (χ1) is 8.76. The molecule has 1 aromatic heterocycles. The Hall–Kier alpha value is -1.87. The molecule has 0 aliphatic heterocycles. The molecule has 1 heterocycles. The molecule has 4 heteroatoms. The van der Waals surface area contributed by atoms with Crippen molar-refractivity contribution in [2.45, 2.75) is 5.88 Å². The molecule has 0 fully saturated rings. The van der Waals surface area contributed by atoms with Gasteiger partial charge in [-0.05, 0) is 29.8 Å². The van der Waals surface area contributed by atoms with Crippen LogP contribution < -0.4 is 0 Å². The molecule has 0 saturated heterocycles. The molecule has 0 atom stereocenters. The van der Waals surface area contributed by atoms with E-state index in [1.54, 1.807) is 6.07 Å². The van der Waals surface area contributed by atoms with E-state index in [2.05, 4.69) is 9.97 Å². The summed E-state index contributed by atoms with van der Waals surface area (Å²) in [5, 5.41) is 0. The van der Waals surface area contributed by atoms with Gasteiger partial charge in [0.1, 0.15) is 11.6 Å². The van der Waals surface area contributed by atoms with Crippen LogP contribution in [0.15, 0.2) is 42.5 Å². The number of halogens is 2. The van der Waals surface area contributed by atoms with Gasteiger partial charge >= 0.3 is 0 Å². The summed E-state index contributed by atoms with van der Waals surface area (Å²) >= 11 is 5.81. The number of rotatable bonds is 2. The predicted octanol–water partition coefficient (Wildman–Crippen LogP) is 4.11. The van der Waals surface area contributed by atoms with Crippen LogP contribution in [0.4, 0.5) is 4.39 Å². The molecule has 0 unspecified atom stereocenters. The minimum absolute atomic E-state index is 0.271. The van der Waals surface area contributed by atoms with Gasteiger partial charge in [0.2, 0.25) is 0 Å². The van der Waals surface area contributed by atoms with Crippen LogP contribution in [0.5, 0.6) is 0 Å². The van der Waals surface area contributed by atoms with Gasteiger partial charge in [0, 0.05) is 11.4 Å². The molecule has 3 aromatic rings. The lowest BCUT2D eigenvalue weighted by atomic mass is 10.1. The number of benzene rings is 2. The second-order valence-corrected chi connectivity index (χ2v) is 4.35. The zero-order valence-corrected chi connectivity index (χ0v) is 10.2. The van der Waals surface area contributed by atoms with Crippen molar-refractivity contribution < 1.29 is 4.39 Å². The highest BCUT2D eigenvalue weighted by Crippen LogP contribution is 2.22. The van der Waals surface area contributed by atoms with Crippen molar-refractivity contribution in [1.29, 1.82) is 0 Å². The average molecular weight is 261 g/mol. The molecule has 0 amide bonds. The minimum atomic E-state index is -0.271. The number of aromatic nitrogens is 2. The largest absolute Gasteiger partial charge is 0.338 e. The van der Waals surface area contributed by atoms with Crippen molar-refractivity contribution >= 4 is 22.6 Å². The lowest BCUT2D eigenvalue weighted by molar-refractivity contribution is 0.629. The van der Waals surface area contributed by atoms with Gasteiger partial charge in [-0.25, -0.2) is 9.37 Å². The lowest BCUT2D eigenvalue weighted by Crippen LogP contribution is -1.83. The summed E-state index contributed by atoms with van der Waals surface area (Å²) in [6, 6.07) is 12.3. The Morgan fingerprint density at radius 3 is 2.89 bits per heavy atom. The summed E-state index contributed by atoms with van der Waals surface area (Å²) in [7, 11) is 0. The van der Waals surface area contributed by atoms with Gasteiger partial charge in [-0.15, -0.1) is 11.6 Å². The number of nitrogens with one attached hydrogen (secondary N) is 1. The molecule has 90 valence electrons. The molecule has 0 aliphatic carbocycles. The van der Waals surface area contributed by atoms with Crippen molar-refractivity contribution in [3.05, 3.63) is 53.8 Å². The van der Waals surface area contributed by atoms with Gasteiger partial charge in [0.15, 0.2) is 0 Å². The molecule has 1 N–H and O–H groups in total. The molecule has 0 saturated carbocycles. The standard InChI is InChI=1S/C14H10ClFN2/c15-8-9-2-1-3-10(6-9)14-17-12-5-4-11(16)7-13(12)18-14/h1-7H,8H2,(H,17,18). The maximum Gasteiger partial charge on any atom is 0.138 e. The number of fused-ring (bicyclic) bond motifs is 1. The topological polar surface area (TPSA) is 28.7 Å². The molecule has 2 aromatic carbocycles. The molecule has 18 heavy (non-hydrogen) atoms. The van der Waals surface area contributed by atoms with Gasteiger partial charge in [0.05, 0.1) is 11.0 Å². The third-order valence-corrected chi connectivity index (χ3v) is 3.11. The Bertz CT molecular complexity index is 706. The highest BCUT2D eigenvalue weighted by molar-refractivity contribution is 6.17. The van der Waals surface area contributed by atoms with E-state index in [-0.39, 0.29) is 5.82 Å². The van der Waals surface area contributed by atoms with Crippen LogP contribution in [-0.4, -0.2) is 9.97 Å². The van der Waals surface area contributed by atoms with E-state index in [4.69, 9.17) is 11.6 Å². The number of hydrogen-bond donors (Lipinski definition) is 1. The third kappa shape index (κ3) is 1.97. The van der Waals surface area contributed by atoms with E-state index in [0.29, 0.717) is 11.4 Å². The van der Waals surface area contributed by atoms with Crippen LogP contribution in [0.3, 0.4) is 0 Å². The average Bonchev–Trinajstić information content (AvgIpc) is 2.81. The van der Waals surface area contributed by atoms with Crippen molar-refractivity contribution in [3.63, 3.8) is 0 Å². The molecular weight excluding hydrogens is 251 g/mol. The van der Waals surface area contributed by atoms with Crippen molar-refractivity contribution in [2.75, 3.05) is 0 Å². The molecule has 3 rings (SSSR count). The Labute approximate surface area is 108 Å². The highest BCUT2D eigenvalue weighted by Gasteiger charge is 2.06. The summed E-state index contributed by atoms with van der Waals surface area (Å²) in [5.74, 6) is 0.915. The number of H-pyrrole nitrogens is 1. The summed E-state index contributed by atoms with van der Waals surface area (Å²) in [5.41, 5.74) is 3.43. The molecule has 2 nitrogen and oxygen atoms in total. The Morgan fingerprint density at radius 1 is 1.17 bits per heavy atom. The van der Waals surface area contributed by atoms with E-state index in [9.17, 15) is 4.39 Å². The van der Waals surface area contributed by atoms with E-state index in [1.165, 1.54) is 12.1 Å². The van der Waals surface area contributed by atoms with Crippen LogP contribution in [0, 0.1) is 5.82 Å². The van der Waals surface area contributed by atoms with Gasteiger partial charge in [-0.3, -0.25) is 0 Å². The van der Waals surface area contributed by atoms with E-state index < -0.39 is 0 Å². The summed E-state index contributed by atoms with van der Waals surface area (Å²) in [4.78, 5) is 7.54. The summed E-state index contributed by atoms with van der Waals surface area (Å²) < 4.78 is 13.1. The smallest absolute Gasteiger partial charge is 0.138 e. The second-order valence-electron chi connectivity index (χ2n) is 4.08. The Balaban J connectivity index is 2.13. The van der Waals surface area contributed by atoms with Crippen LogP contribution in [0.25, 0.3) is 22.4 Å². The van der Waals surface area contributed by atoms with Crippen LogP contribution in [0.2, 0.25) is 0 Å². The van der Waals surface area contributed by atoms with Crippen molar-refractivity contribution in [1.82, 2.24) is 9.97 Å². The summed E-state index contributed by atoms with van der Waals surface area (Å²) in [6.07, 6.45) is 0. The van der Waals surface area contributed by atoms with Gasteiger partial charge < -0.3 is 4.98 Å². The first kappa shape index (κ1) is 11.2. The first-order valence-corrected chi connectivity index (χ1v) is 6.10. The van der Waals surface area contributed by atoms with Crippen LogP contribution in [-0.2, 0) is 5.88 Å². The van der Waals surface area contributed by atoms with Crippen LogP contribution >= 0.6 is 11.6 Å². The third-order valence-electron chi connectivity index (χ3n) is 2.80. The van der Waals surface area contributed by atoms with E-state index >= 15 is 0 Å². The fraction of sp³-hybridized carbons (Fsp3) is 0.0714. The monoisotopic (exact) mass is 260 g/mol. The highest BCUT2D eigenvalue weighted by atomic mass is 35.5. The number of hydrogen-bond acceptors (Lipinski definition) is 1. The maximum atomic E-state index is 13.1. The van der Waals surface area contributed by atoms with Gasteiger partial charge in [-0.1, -0.05) is 18.2 Å². The molecule has 0 spiro atoms. The normalized spacial score (nSPS) is 11.0. The molecule has 0 radical (unpaired) electrons. The van der Waals surface area contributed by atoms with E-state index in [1.807, 2.05) is 24.3 Å². The van der Waals surface area contributed by atoms with E-state index in [0.717, 1.165) is 22.5 Å². The number of nitrogens with zero attached hydrogens (tertiary/aromatic N) is 1. The number of aromatic amines is 1. The fourth-order valence-corrected chi connectivity index (χ4v) is 2.09. The molecule has 0 bridgehead atoms. The number of imidazole rings is 1. The Morgan fingerprint density at radius 2 is 2.06 bits per heavy atom. The van der Waals surface area contributed by atoms with Gasteiger partial charge in [0.25, 0.3) is 0 Å². The van der Waals surface area contributed by atoms with Crippen LogP contribution in [0.1, 0.15) is 5.56 Å². The first-order valence-electron chi connectivity index (χ1n) is 5.57. The van der Waals surface area contributed by atoms with Crippen molar-refractivity contribution in [2.24, 2.45) is 0 Å². The Kier molecular flexibility index (Phi) is 2.76. The molecular formula is C14H10ClFN2. The summed E-state index contributed by atoms with van der Waals surface area (Å²) in [6.45, 7) is 0. The minimum Gasteiger partial charge on any atom is -0.338 e.